The van der Waals surface area contributed by atoms with E-state index in [1.165, 1.54) is 4.68 Å². The maximum absolute atomic E-state index is 5.49. The summed E-state index contributed by atoms with van der Waals surface area (Å²) in [4.78, 5) is 0. The number of hydrogen-bond acceptors (Lipinski definition) is 1. The van der Waals surface area contributed by atoms with Crippen LogP contribution in [-0.2, 0) is 0 Å². The van der Waals surface area contributed by atoms with E-state index in [0.717, 1.165) is 5.52 Å². The highest BCUT2D eigenvalue weighted by Crippen LogP contribution is 1.91. The second kappa shape index (κ2) is 1.73. The molecule has 0 saturated carbocycles. The normalized spacial score (nSPS) is 10.4. The summed E-state index contributed by atoms with van der Waals surface area (Å²) >= 11 is 0. The second-order valence-electron chi connectivity index (χ2n) is 2.22. The van der Waals surface area contributed by atoms with Crippen molar-refractivity contribution in [2.75, 3.05) is 5.84 Å². The fourth-order valence-corrected chi connectivity index (χ4v) is 1.01. The quantitative estimate of drug-likeness (QED) is 0.397. The maximum atomic E-state index is 5.49. The molecule has 10 heavy (non-hydrogen) atoms. The zero-order valence-corrected chi connectivity index (χ0v) is 5.44. The van der Waals surface area contributed by atoms with E-state index in [9.17, 15) is 0 Å². The molecule has 0 fully saturated rings. The summed E-state index contributed by atoms with van der Waals surface area (Å²) in [5, 5.41) is 0. The molecule has 2 heterocycles. The standard InChI is InChI=1S/C7H8N3/c8-10-5-7-3-1-2-4-9(7)6-10/h1-6H,8H2/q+1. The maximum Gasteiger partial charge on any atom is 0.272 e. The summed E-state index contributed by atoms with van der Waals surface area (Å²) in [6.07, 6.45) is 5.63. The summed E-state index contributed by atoms with van der Waals surface area (Å²) in [6, 6.07) is 5.95. The molecule has 0 aliphatic carbocycles. The molecule has 0 spiro atoms. The molecule has 0 bridgehead atoms. The first-order chi connectivity index (χ1) is 4.86. The minimum Gasteiger partial charge on any atom is -0.269 e. The molecule has 0 aromatic carbocycles. The topological polar surface area (TPSA) is 35.0 Å². The summed E-state index contributed by atoms with van der Waals surface area (Å²) in [5.41, 5.74) is 1.10. The molecule has 2 aromatic rings. The highest BCUT2D eigenvalue weighted by Gasteiger charge is 1.99. The number of nitrogens with zero attached hydrogens (tertiary/aromatic N) is 2. The van der Waals surface area contributed by atoms with Gasteiger partial charge in [-0.1, -0.05) is 6.07 Å². The molecule has 0 aliphatic rings. The lowest BCUT2D eigenvalue weighted by molar-refractivity contribution is -0.512. The third kappa shape index (κ3) is 0.639. The van der Waals surface area contributed by atoms with Crippen LogP contribution in [0, 0.1) is 0 Å². The fraction of sp³-hybridized carbons (Fsp3) is 0. The van der Waals surface area contributed by atoms with Crippen LogP contribution in [0.5, 0.6) is 0 Å². The van der Waals surface area contributed by atoms with Crippen LogP contribution in [0.15, 0.2) is 36.9 Å². The van der Waals surface area contributed by atoms with Gasteiger partial charge >= 0.3 is 0 Å². The minimum absolute atomic E-state index is 1.10. The van der Waals surface area contributed by atoms with Gasteiger partial charge in [0.05, 0.1) is 6.20 Å². The van der Waals surface area contributed by atoms with Gasteiger partial charge in [0.15, 0.2) is 11.7 Å². The molecule has 2 rings (SSSR count). The fourth-order valence-electron chi connectivity index (χ4n) is 1.01. The Kier molecular flexibility index (Phi) is 0.917. The molecule has 50 valence electrons. The van der Waals surface area contributed by atoms with Gasteiger partial charge in [0.2, 0.25) is 0 Å². The number of nitrogens with two attached hydrogens (primary N) is 1. The average molecular weight is 134 g/mol. The van der Waals surface area contributed by atoms with E-state index in [1.54, 1.807) is 0 Å². The van der Waals surface area contributed by atoms with Crippen molar-refractivity contribution in [1.29, 1.82) is 0 Å². The van der Waals surface area contributed by atoms with Crippen LogP contribution < -0.4 is 10.2 Å². The molecule has 0 amide bonds. The van der Waals surface area contributed by atoms with Gasteiger partial charge in [0.25, 0.3) is 6.33 Å². The number of aromatic nitrogens is 2. The first-order valence-corrected chi connectivity index (χ1v) is 3.09. The summed E-state index contributed by atoms with van der Waals surface area (Å²) < 4.78 is 3.50. The van der Waals surface area contributed by atoms with Crippen molar-refractivity contribution in [1.82, 2.24) is 4.68 Å². The molecule has 0 saturated heterocycles. The molecule has 3 heteroatoms. The zero-order valence-electron chi connectivity index (χ0n) is 5.44. The molecule has 0 radical (unpaired) electrons. The van der Waals surface area contributed by atoms with Crippen LogP contribution in [0.25, 0.3) is 5.52 Å². The summed E-state index contributed by atoms with van der Waals surface area (Å²) in [7, 11) is 0. The smallest absolute Gasteiger partial charge is 0.269 e. The second-order valence-corrected chi connectivity index (χ2v) is 2.22. The highest BCUT2D eigenvalue weighted by atomic mass is 15.3. The number of hydrogen-bond donors (Lipinski definition) is 1. The van der Waals surface area contributed by atoms with Gasteiger partial charge in [-0.15, -0.1) is 4.68 Å². The van der Waals surface area contributed by atoms with Crippen LogP contribution in [0.4, 0.5) is 0 Å². The van der Waals surface area contributed by atoms with Crippen LogP contribution >= 0.6 is 0 Å². The third-order valence-corrected chi connectivity index (χ3v) is 1.46. The highest BCUT2D eigenvalue weighted by molar-refractivity contribution is 5.35. The number of rotatable bonds is 0. The van der Waals surface area contributed by atoms with Gasteiger partial charge in [-0.05, 0) is 12.1 Å². The Morgan fingerprint density at radius 2 is 2.30 bits per heavy atom. The Morgan fingerprint density at radius 3 is 3.10 bits per heavy atom. The molecule has 2 aromatic heterocycles. The molecule has 0 unspecified atom stereocenters. The average Bonchev–Trinajstić information content (AvgIpc) is 2.27. The largest absolute Gasteiger partial charge is 0.272 e. The Hall–Kier alpha value is -1.51. The molecular formula is C7H8N3+. The van der Waals surface area contributed by atoms with Crippen LogP contribution in [0.1, 0.15) is 0 Å². The Bertz CT molecular complexity index is 317. The van der Waals surface area contributed by atoms with Gasteiger partial charge in [0.1, 0.15) is 0 Å². The van der Waals surface area contributed by atoms with Gasteiger partial charge in [0, 0.05) is 0 Å². The first-order valence-electron chi connectivity index (χ1n) is 3.09. The molecule has 0 aliphatic heterocycles. The lowest BCUT2D eigenvalue weighted by atomic mass is 10.4. The van der Waals surface area contributed by atoms with Crippen molar-refractivity contribution in [3.8, 4) is 0 Å². The van der Waals surface area contributed by atoms with Crippen LogP contribution in [0.3, 0.4) is 0 Å². The van der Waals surface area contributed by atoms with Crippen molar-refractivity contribution in [3.63, 3.8) is 0 Å². The predicted molar refractivity (Wildman–Crippen MR) is 37.7 cm³/mol. The lowest BCUT2D eigenvalue weighted by Gasteiger charge is -1.78. The number of imidazole rings is 1. The number of fused-ring (bicyclic) bond motifs is 1. The first kappa shape index (κ1) is 5.29. The third-order valence-electron chi connectivity index (χ3n) is 1.46. The van der Waals surface area contributed by atoms with E-state index in [1.807, 2.05) is 41.3 Å². The van der Waals surface area contributed by atoms with Crippen molar-refractivity contribution in [3.05, 3.63) is 36.9 Å². The lowest BCUT2D eigenvalue weighted by Crippen LogP contribution is -2.18. The van der Waals surface area contributed by atoms with Gasteiger partial charge in [-0.2, -0.15) is 0 Å². The molecular weight excluding hydrogens is 126 g/mol. The van der Waals surface area contributed by atoms with E-state index in [0.29, 0.717) is 0 Å². The minimum atomic E-state index is 1.10. The summed E-state index contributed by atoms with van der Waals surface area (Å²) in [6.45, 7) is 0. The van der Waals surface area contributed by atoms with E-state index < -0.39 is 0 Å². The number of pyridine rings is 1. The Morgan fingerprint density at radius 1 is 1.40 bits per heavy atom. The summed E-state index contributed by atoms with van der Waals surface area (Å²) in [5.74, 6) is 5.49. The van der Waals surface area contributed by atoms with E-state index >= 15 is 0 Å². The van der Waals surface area contributed by atoms with Crippen molar-refractivity contribution in [2.45, 2.75) is 0 Å². The van der Waals surface area contributed by atoms with Crippen LogP contribution in [-0.4, -0.2) is 4.68 Å². The van der Waals surface area contributed by atoms with Crippen molar-refractivity contribution in [2.24, 2.45) is 0 Å². The Labute approximate surface area is 58.3 Å². The van der Waals surface area contributed by atoms with Gasteiger partial charge in [-0.25, -0.2) is 4.40 Å². The molecule has 0 atom stereocenters. The van der Waals surface area contributed by atoms with E-state index in [4.69, 9.17) is 5.84 Å². The zero-order chi connectivity index (χ0) is 6.97. The molecule has 3 nitrogen and oxygen atoms in total. The predicted octanol–water partition coefficient (Wildman–Crippen LogP) is -0.0594. The molecule has 2 N–H and O–H groups in total. The van der Waals surface area contributed by atoms with E-state index in [2.05, 4.69) is 0 Å². The van der Waals surface area contributed by atoms with Crippen LogP contribution in [0.2, 0.25) is 0 Å². The number of nitrogen functional groups attached to an aromatic ring is 1. The van der Waals surface area contributed by atoms with Gasteiger partial charge in [-0.3, -0.25) is 5.84 Å². The SMILES string of the molecule is Nn1cc2cccc[n+]2c1. The Balaban J connectivity index is 2.88. The van der Waals surface area contributed by atoms with Crippen molar-refractivity contribution >= 4 is 5.52 Å². The monoisotopic (exact) mass is 134 g/mol. The van der Waals surface area contributed by atoms with Crippen molar-refractivity contribution < 1.29 is 4.40 Å². The van der Waals surface area contributed by atoms with E-state index in [-0.39, 0.29) is 0 Å². The van der Waals surface area contributed by atoms with Gasteiger partial charge < -0.3 is 0 Å².